The number of para-hydroxylation sites is 1. The van der Waals surface area contributed by atoms with Gasteiger partial charge in [0.25, 0.3) is 5.01 Å². The molecule has 4 rings (SSSR count). The molecular weight excluding hydrogens is 490 g/mol. The molecule has 0 N–H and O–H groups in total. The zero-order chi connectivity index (χ0) is 18.1. The Labute approximate surface area is 179 Å². The Hall–Kier alpha value is -2.02. The van der Waals surface area contributed by atoms with Crippen LogP contribution in [0.15, 0.2) is 75.1 Å². The van der Waals surface area contributed by atoms with Gasteiger partial charge in [0.05, 0.1) is 10.9 Å². The van der Waals surface area contributed by atoms with Crippen LogP contribution in [0.1, 0.15) is 10.6 Å². The predicted octanol–water partition coefficient (Wildman–Crippen LogP) is 2.42. The van der Waals surface area contributed by atoms with Crippen LogP contribution in [-0.2, 0) is 6.54 Å². The lowest BCUT2D eigenvalue weighted by Gasteiger charge is -1.99. The van der Waals surface area contributed by atoms with Gasteiger partial charge in [-0.2, -0.15) is 4.57 Å². The van der Waals surface area contributed by atoms with Gasteiger partial charge in [-0.05, 0) is 36.4 Å². The summed E-state index contributed by atoms with van der Waals surface area (Å²) in [5.74, 6) is 0. The highest BCUT2D eigenvalue weighted by Gasteiger charge is 2.16. The van der Waals surface area contributed by atoms with E-state index in [1.165, 1.54) is 11.0 Å². The maximum Gasteiger partial charge on any atom is 0.263 e. The number of hydrogen-bond acceptors (Lipinski definition) is 3. The highest BCUT2D eigenvalue weighted by molar-refractivity contribution is 9.10. The maximum atomic E-state index is 12.7. The number of fused-ring (bicyclic) bond motifs is 2. The number of nitrogens with zero attached hydrogens (tertiary/aromatic N) is 1. The van der Waals surface area contributed by atoms with E-state index in [4.69, 9.17) is 4.42 Å². The SMILES string of the molecule is C=CC[n+]1c(/C=C/c2coc3ccc(Br)cc3c2=O)sc2ccccc21.[Br-]. The van der Waals surface area contributed by atoms with Crippen molar-refractivity contribution in [1.29, 1.82) is 0 Å². The number of rotatable bonds is 4. The quantitative estimate of drug-likeness (QED) is 0.316. The van der Waals surface area contributed by atoms with Gasteiger partial charge in [-0.15, -0.1) is 0 Å². The summed E-state index contributed by atoms with van der Waals surface area (Å²) in [7, 11) is 0. The second kappa shape index (κ2) is 8.33. The molecule has 27 heavy (non-hydrogen) atoms. The molecule has 0 saturated heterocycles. The normalized spacial score (nSPS) is 11.1. The molecule has 0 saturated carbocycles. The highest BCUT2D eigenvalue weighted by atomic mass is 79.9. The number of aromatic nitrogens is 1. The molecule has 0 amide bonds. The zero-order valence-electron chi connectivity index (χ0n) is 14.2. The summed E-state index contributed by atoms with van der Waals surface area (Å²) in [6.07, 6.45) is 7.17. The van der Waals surface area contributed by atoms with Crippen molar-refractivity contribution in [1.82, 2.24) is 0 Å². The van der Waals surface area contributed by atoms with E-state index in [0.29, 0.717) is 23.1 Å². The van der Waals surface area contributed by atoms with Gasteiger partial charge in [0, 0.05) is 16.6 Å². The molecular formula is C21H15Br2NO2S. The molecule has 0 aliphatic rings. The summed E-state index contributed by atoms with van der Waals surface area (Å²) >= 11 is 5.09. The summed E-state index contributed by atoms with van der Waals surface area (Å²) in [5.41, 5.74) is 2.23. The molecule has 136 valence electrons. The van der Waals surface area contributed by atoms with Crippen molar-refractivity contribution >= 4 is 60.6 Å². The fraction of sp³-hybridized carbons (Fsp3) is 0.0476. The van der Waals surface area contributed by atoms with E-state index in [2.05, 4.69) is 39.2 Å². The lowest BCUT2D eigenvalue weighted by Crippen LogP contribution is -3.00. The Kier molecular flexibility index (Phi) is 6.09. The topological polar surface area (TPSA) is 34.1 Å². The van der Waals surface area contributed by atoms with E-state index >= 15 is 0 Å². The lowest BCUT2D eigenvalue weighted by molar-refractivity contribution is -0.658. The monoisotopic (exact) mass is 503 g/mol. The predicted molar refractivity (Wildman–Crippen MR) is 111 cm³/mol. The molecule has 2 heterocycles. The molecule has 0 fully saturated rings. The first kappa shape index (κ1) is 19.7. The molecule has 4 aromatic rings. The number of halogens is 2. The third kappa shape index (κ3) is 3.83. The first-order valence-electron chi connectivity index (χ1n) is 8.09. The van der Waals surface area contributed by atoms with Crippen molar-refractivity contribution in [2.24, 2.45) is 0 Å². The van der Waals surface area contributed by atoms with Gasteiger partial charge in [-0.1, -0.05) is 46.0 Å². The highest BCUT2D eigenvalue weighted by Crippen LogP contribution is 2.22. The molecule has 6 heteroatoms. The van der Waals surface area contributed by atoms with Crippen molar-refractivity contribution in [3.05, 3.63) is 86.6 Å². The van der Waals surface area contributed by atoms with Crippen LogP contribution in [0.3, 0.4) is 0 Å². The fourth-order valence-corrected chi connectivity index (χ4v) is 4.32. The van der Waals surface area contributed by atoms with Gasteiger partial charge in [-0.25, -0.2) is 0 Å². The van der Waals surface area contributed by atoms with Crippen LogP contribution < -0.4 is 27.0 Å². The molecule has 0 unspecified atom stereocenters. The average Bonchev–Trinajstić information content (AvgIpc) is 3.00. The van der Waals surface area contributed by atoms with E-state index in [1.807, 2.05) is 36.4 Å². The fourth-order valence-electron chi connectivity index (χ4n) is 2.89. The number of allylic oxidation sites excluding steroid dienone is 1. The molecule has 0 atom stereocenters. The third-order valence-electron chi connectivity index (χ3n) is 4.12. The Bertz CT molecular complexity index is 1220. The summed E-state index contributed by atoms with van der Waals surface area (Å²) in [6.45, 7) is 4.56. The van der Waals surface area contributed by atoms with Crippen LogP contribution in [-0.4, -0.2) is 0 Å². The number of benzene rings is 2. The second-order valence-corrected chi connectivity index (χ2v) is 7.78. The van der Waals surface area contributed by atoms with Gasteiger partial charge in [-0.3, -0.25) is 4.79 Å². The molecule has 2 aromatic heterocycles. The minimum atomic E-state index is -0.0415. The smallest absolute Gasteiger partial charge is 0.263 e. The molecule has 0 radical (unpaired) electrons. The lowest BCUT2D eigenvalue weighted by atomic mass is 10.1. The summed E-state index contributed by atoms with van der Waals surface area (Å²) in [4.78, 5) is 12.7. The van der Waals surface area contributed by atoms with Crippen LogP contribution in [0.5, 0.6) is 0 Å². The molecule has 0 bridgehead atoms. The van der Waals surface area contributed by atoms with Crippen molar-refractivity contribution < 1.29 is 26.0 Å². The number of hydrogen-bond donors (Lipinski definition) is 0. The summed E-state index contributed by atoms with van der Waals surface area (Å²) < 4.78 is 9.85. The maximum absolute atomic E-state index is 12.7. The van der Waals surface area contributed by atoms with Crippen LogP contribution in [0, 0.1) is 0 Å². The van der Waals surface area contributed by atoms with Crippen LogP contribution >= 0.6 is 27.3 Å². The first-order valence-corrected chi connectivity index (χ1v) is 9.70. The van der Waals surface area contributed by atoms with Gasteiger partial charge >= 0.3 is 0 Å². The van der Waals surface area contributed by atoms with Gasteiger partial charge in [0.1, 0.15) is 16.5 Å². The Morgan fingerprint density at radius 2 is 2.00 bits per heavy atom. The van der Waals surface area contributed by atoms with Crippen LogP contribution in [0.25, 0.3) is 33.3 Å². The van der Waals surface area contributed by atoms with Gasteiger partial charge in [0.2, 0.25) is 5.52 Å². The molecule has 0 aliphatic heterocycles. The minimum absolute atomic E-state index is 0. The Balaban J connectivity index is 0.00000210. The van der Waals surface area contributed by atoms with Crippen LogP contribution in [0.2, 0.25) is 0 Å². The standard InChI is InChI=1S/C21H15BrNO2S.BrH/c1-2-11-23-17-5-3-4-6-19(17)26-20(23)10-7-14-13-25-18-9-8-15(22)12-16(18)21(14)24;/h2-10,12-13H,1,11H2;1H/q+1;/p-1/b10-7+;. The summed E-state index contributed by atoms with van der Waals surface area (Å²) in [5, 5.41) is 1.62. The van der Waals surface area contributed by atoms with Crippen molar-refractivity contribution in [2.75, 3.05) is 0 Å². The van der Waals surface area contributed by atoms with E-state index in [0.717, 1.165) is 15.0 Å². The van der Waals surface area contributed by atoms with Crippen LogP contribution in [0.4, 0.5) is 0 Å². The molecule has 0 aliphatic carbocycles. The van der Waals surface area contributed by atoms with Gasteiger partial charge < -0.3 is 21.4 Å². The van der Waals surface area contributed by atoms with E-state index < -0.39 is 0 Å². The molecule has 3 nitrogen and oxygen atoms in total. The van der Waals surface area contributed by atoms with Gasteiger partial charge in [0.15, 0.2) is 12.0 Å². The van der Waals surface area contributed by atoms with E-state index in [-0.39, 0.29) is 22.4 Å². The molecule has 0 spiro atoms. The largest absolute Gasteiger partial charge is 1.00 e. The minimum Gasteiger partial charge on any atom is -1.00 e. The third-order valence-corrected chi connectivity index (χ3v) is 5.74. The van der Waals surface area contributed by atoms with E-state index in [9.17, 15) is 4.79 Å². The zero-order valence-corrected chi connectivity index (χ0v) is 18.2. The first-order chi connectivity index (χ1) is 12.7. The Morgan fingerprint density at radius 1 is 1.19 bits per heavy atom. The number of thiazole rings is 1. The summed E-state index contributed by atoms with van der Waals surface area (Å²) in [6, 6.07) is 13.7. The van der Waals surface area contributed by atoms with E-state index in [1.54, 1.807) is 23.5 Å². The van der Waals surface area contributed by atoms with Crippen molar-refractivity contribution in [3.63, 3.8) is 0 Å². The second-order valence-electron chi connectivity index (χ2n) is 5.80. The average molecular weight is 505 g/mol. The van der Waals surface area contributed by atoms with Crippen molar-refractivity contribution in [3.8, 4) is 0 Å². The van der Waals surface area contributed by atoms with Crippen molar-refractivity contribution in [2.45, 2.75) is 6.54 Å². The Morgan fingerprint density at radius 3 is 2.81 bits per heavy atom. The molecule has 2 aromatic carbocycles.